The molecule has 1 fully saturated rings. The minimum atomic E-state index is -0.979. The van der Waals surface area contributed by atoms with Gasteiger partial charge in [0.25, 0.3) is 0 Å². The van der Waals surface area contributed by atoms with Gasteiger partial charge in [0.05, 0.1) is 18.8 Å². The number of aliphatic hydroxyl groups is 1. The van der Waals surface area contributed by atoms with Crippen molar-refractivity contribution in [1.29, 1.82) is 0 Å². The van der Waals surface area contributed by atoms with E-state index in [1.54, 1.807) is 0 Å². The van der Waals surface area contributed by atoms with Crippen LogP contribution in [0.2, 0.25) is 0 Å². The summed E-state index contributed by atoms with van der Waals surface area (Å²) >= 11 is 0. The maximum absolute atomic E-state index is 13.6. The van der Waals surface area contributed by atoms with Crippen LogP contribution in [0, 0.1) is 11.6 Å². The fraction of sp³-hybridized carbons (Fsp3) is 0.480. The maximum Gasteiger partial charge on any atom is 0.217 e. The van der Waals surface area contributed by atoms with Crippen molar-refractivity contribution in [2.45, 2.75) is 63.1 Å². The van der Waals surface area contributed by atoms with E-state index >= 15 is 0 Å². The van der Waals surface area contributed by atoms with Gasteiger partial charge in [0.2, 0.25) is 5.91 Å². The summed E-state index contributed by atoms with van der Waals surface area (Å²) in [6.07, 6.45) is 0.857. The smallest absolute Gasteiger partial charge is 0.217 e. The lowest BCUT2D eigenvalue weighted by atomic mass is 9.84. The van der Waals surface area contributed by atoms with E-state index in [4.69, 9.17) is 0 Å². The zero-order chi connectivity index (χ0) is 23.5. The molecule has 2 atom stereocenters. The van der Waals surface area contributed by atoms with E-state index in [9.17, 15) is 23.1 Å². The predicted molar refractivity (Wildman–Crippen MR) is 118 cm³/mol. The van der Waals surface area contributed by atoms with Gasteiger partial charge in [-0.2, -0.15) is 0 Å². The van der Waals surface area contributed by atoms with Gasteiger partial charge in [0.1, 0.15) is 11.6 Å². The number of alkyl halides is 1. The van der Waals surface area contributed by atoms with Crippen LogP contribution in [0.4, 0.5) is 13.2 Å². The third kappa shape index (κ3) is 5.90. The topological polar surface area (TPSA) is 61.4 Å². The largest absolute Gasteiger partial charge is 0.390 e. The monoisotopic (exact) mass is 448 g/mol. The summed E-state index contributed by atoms with van der Waals surface area (Å²) < 4.78 is 40.6. The molecule has 3 N–H and O–H groups in total. The summed E-state index contributed by atoms with van der Waals surface area (Å²) in [5.74, 6) is -1.75. The first kappa shape index (κ1) is 24.3. The Hall–Kier alpha value is -2.38. The Labute approximate surface area is 187 Å². The van der Waals surface area contributed by atoms with Crippen molar-refractivity contribution < 1.29 is 23.1 Å². The highest BCUT2D eigenvalue weighted by Crippen LogP contribution is 2.46. The van der Waals surface area contributed by atoms with E-state index < -0.39 is 35.9 Å². The molecule has 0 aliphatic heterocycles. The van der Waals surface area contributed by atoms with Crippen molar-refractivity contribution in [2.75, 3.05) is 13.2 Å². The Bertz CT molecular complexity index is 940. The molecular weight excluding hydrogens is 417 g/mol. The summed E-state index contributed by atoms with van der Waals surface area (Å²) in [5, 5.41) is 16.9. The molecule has 2 aromatic rings. The molecule has 1 saturated carbocycles. The molecule has 1 aliphatic rings. The molecule has 0 aromatic heterocycles. The van der Waals surface area contributed by atoms with Crippen molar-refractivity contribution in [1.82, 2.24) is 10.6 Å². The number of rotatable bonds is 10. The quantitative estimate of drug-likeness (QED) is 0.517. The van der Waals surface area contributed by atoms with Crippen LogP contribution in [0.25, 0.3) is 0 Å². The third-order valence-corrected chi connectivity index (χ3v) is 6.16. The maximum atomic E-state index is 13.6. The molecule has 1 amide bonds. The highest BCUT2D eigenvalue weighted by Gasteiger charge is 2.44. The summed E-state index contributed by atoms with van der Waals surface area (Å²) in [4.78, 5) is 11.7. The van der Waals surface area contributed by atoms with Crippen LogP contribution in [0.15, 0.2) is 42.5 Å². The van der Waals surface area contributed by atoms with Crippen LogP contribution in [-0.4, -0.2) is 36.4 Å². The molecule has 0 unspecified atom stereocenters. The van der Waals surface area contributed by atoms with Crippen LogP contribution < -0.4 is 10.6 Å². The zero-order valence-electron chi connectivity index (χ0n) is 18.7. The van der Waals surface area contributed by atoms with Gasteiger partial charge in [-0.15, -0.1) is 0 Å². The second kappa shape index (κ2) is 9.63. The van der Waals surface area contributed by atoms with E-state index in [-0.39, 0.29) is 24.4 Å². The summed E-state index contributed by atoms with van der Waals surface area (Å²) in [5.41, 5.74) is 1.40. The minimum absolute atomic E-state index is 0.0876. The first-order valence-electron chi connectivity index (χ1n) is 10.9. The Morgan fingerprint density at radius 1 is 1.16 bits per heavy atom. The standard InChI is InChI=1S/C25H31F3N2O2/c1-16(31)30-22(11-17-9-20(27)13-21(28)10-17)23(32)14-29-25(7-8-25)19-6-4-5-18(12-19)24(2,3)15-26/h4-6,9-10,12-13,22-23,29,32H,7-8,11,14-15H2,1-3H3,(H,30,31)/t22-,23+/m0/s1. The van der Waals surface area contributed by atoms with E-state index in [0.717, 1.165) is 30.0 Å². The average molecular weight is 449 g/mol. The average Bonchev–Trinajstić information content (AvgIpc) is 3.52. The summed E-state index contributed by atoms with van der Waals surface area (Å²) in [7, 11) is 0. The summed E-state index contributed by atoms with van der Waals surface area (Å²) in [6, 6.07) is 10.3. The third-order valence-electron chi connectivity index (χ3n) is 6.16. The molecule has 0 heterocycles. The van der Waals surface area contributed by atoms with Crippen LogP contribution in [0.5, 0.6) is 0 Å². The van der Waals surface area contributed by atoms with E-state index in [0.29, 0.717) is 5.56 Å². The van der Waals surface area contributed by atoms with E-state index in [1.165, 1.54) is 19.1 Å². The number of aliphatic hydroxyl groups excluding tert-OH is 1. The summed E-state index contributed by atoms with van der Waals surface area (Å²) in [6.45, 7) is 4.76. The Morgan fingerprint density at radius 2 is 1.81 bits per heavy atom. The number of nitrogens with one attached hydrogen (secondary N) is 2. The van der Waals surface area contributed by atoms with Gasteiger partial charge in [-0.1, -0.05) is 38.1 Å². The molecule has 2 aromatic carbocycles. The van der Waals surface area contributed by atoms with Crippen LogP contribution in [0.1, 0.15) is 50.3 Å². The molecule has 0 bridgehead atoms. The molecule has 3 rings (SSSR count). The first-order valence-corrected chi connectivity index (χ1v) is 10.9. The number of halogens is 3. The van der Waals surface area contributed by atoms with Crippen molar-refractivity contribution >= 4 is 5.91 Å². The fourth-order valence-corrected chi connectivity index (χ4v) is 3.98. The van der Waals surface area contributed by atoms with Crippen molar-refractivity contribution in [3.8, 4) is 0 Å². The Balaban J connectivity index is 1.71. The SMILES string of the molecule is CC(=O)N[C@@H](Cc1cc(F)cc(F)c1)[C@H](O)CNC1(c2cccc(C(C)(C)CF)c2)CC1. The van der Waals surface area contributed by atoms with Crippen molar-refractivity contribution in [2.24, 2.45) is 0 Å². The van der Waals surface area contributed by atoms with Crippen LogP contribution in [0.3, 0.4) is 0 Å². The number of benzene rings is 2. The van der Waals surface area contributed by atoms with Gasteiger partial charge in [0, 0.05) is 30.5 Å². The number of amides is 1. The molecule has 174 valence electrons. The highest BCUT2D eigenvalue weighted by atomic mass is 19.1. The molecule has 7 heteroatoms. The minimum Gasteiger partial charge on any atom is -0.390 e. The van der Waals surface area contributed by atoms with Crippen molar-refractivity contribution in [3.63, 3.8) is 0 Å². The van der Waals surface area contributed by atoms with Gasteiger partial charge in [0.15, 0.2) is 0 Å². The molecule has 1 aliphatic carbocycles. The Morgan fingerprint density at radius 3 is 2.38 bits per heavy atom. The van der Waals surface area contributed by atoms with E-state index in [1.807, 2.05) is 38.1 Å². The highest BCUT2D eigenvalue weighted by molar-refractivity contribution is 5.73. The zero-order valence-corrected chi connectivity index (χ0v) is 18.7. The molecular formula is C25H31F3N2O2. The second-order valence-electron chi connectivity index (χ2n) is 9.42. The van der Waals surface area contributed by atoms with E-state index in [2.05, 4.69) is 10.6 Å². The molecule has 0 saturated heterocycles. The molecule has 32 heavy (non-hydrogen) atoms. The second-order valence-corrected chi connectivity index (χ2v) is 9.42. The van der Waals surface area contributed by atoms with Gasteiger partial charge >= 0.3 is 0 Å². The van der Waals surface area contributed by atoms with Crippen molar-refractivity contribution in [3.05, 3.63) is 70.8 Å². The lowest BCUT2D eigenvalue weighted by molar-refractivity contribution is -0.120. The lowest BCUT2D eigenvalue weighted by Crippen LogP contribution is -2.49. The number of carbonyl (C=O) groups excluding carboxylic acids is 1. The lowest BCUT2D eigenvalue weighted by Gasteiger charge is -2.28. The predicted octanol–water partition coefficient (Wildman–Crippen LogP) is 3.90. The normalized spacial score (nSPS) is 17.0. The Kier molecular flexibility index (Phi) is 7.30. The fourth-order valence-electron chi connectivity index (χ4n) is 3.98. The van der Waals surface area contributed by atoms with Crippen LogP contribution in [-0.2, 0) is 22.2 Å². The molecule has 4 nitrogen and oxygen atoms in total. The van der Waals surface area contributed by atoms with Gasteiger partial charge in [-0.05, 0) is 48.1 Å². The van der Waals surface area contributed by atoms with Crippen LogP contribution >= 0.6 is 0 Å². The number of hydrogen-bond acceptors (Lipinski definition) is 3. The molecule has 0 radical (unpaired) electrons. The number of carbonyl (C=O) groups is 1. The number of hydrogen-bond donors (Lipinski definition) is 3. The van der Waals surface area contributed by atoms with Gasteiger partial charge in [-0.3, -0.25) is 9.18 Å². The molecule has 0 spiro atoms. The van der Waals surface area contributed by atoms with Gasteiger partial charge < -0.3 is 15.7 Å². The van der Waals surface area contributed by atoms with Gasteiger partial charge in [-0.25, -0.2) is 8.78 Å². The first-order chi connectivity index (χ1) is 15.0.